The minimum atomic E-state index is 0.429. The molecule has 0 amide bonds. The van der Waals surface area contributed by atoms with Gasteiger partial charge in [0.15, 0.2) is 4.99 Å². The van der Waals surface area contributed by atoms with Crippen molar-refractivity contribution in [3.8, 4) is 11.8 Å². The van der Waals surface area contributed by atoms with Crippen LogP contribution in [0.5, 0.6) is 0 Å². The van der Waals surface area contributed by atoms with Crippen molar-refractivity contribution in [1.29, 1.82) is 0 Å². The number of hydrogen-bond acceptors (Lipinski definition) is 2. The van der Waals surface area contributed by atoms with Crippen LogP contribution in [0.4, 0.5) is 0 Å². The molecule has 0 saturated carbocycles. The lowest BCUT2D eigenvalue weighted by Crippen LogP contribution is -2.26. The molecule has 15 heavy (non-hydrogen) atoms. The Kier molecular flexibility index (Phi) is 11.0. The average Bonchev–Trinajstić information content (AvgIpc) is 2.26. The van der Waals surface area contributed by atoms with Gasteiger partial charge in [-0.3, -0.25) is 0 Å². The van der Waals surface area contributed by atoms with E-state index in [1.54, 1.807) is 0 Å². The Balaban J connectivity index is 3.16. The monoisotopic (exact) mass is 226 g/mol. The van der Waals surface area contributed by atoms with Gasteiger partial charge in [-0.05, 0) is 24.6 Å². The first kappa shape index (κ1) is 14.4. The first-order valence-corrected chi connectivity index (χ1v) is 6.21. The van der Waals surface area contributed by atoms with E-state index in [2.05, 4.69) is 24.2 Å². The van der Waals surface area contributed by atoms with Crippen LogP contribution in [0.15, 0.2) is 0 Å². The Hall–Kier alpha value is -0.590. The second-order valence-corrected chi connectivity index (χ2v) is 4.05. The highest BCUT2D eigenvalue weighted by atomic mass is 32.1. The van der Waals surface area contributed by atoms with Crippen molar-refractivity contribution in [2.45, 2.75) is 58.3 Å². The van der Waals surface area contributed by atoms with E-state index in [0.29, 0.717) is 4.99 Å². The summed E-state index contributed by atoms with van der Waals surface area (Å²) in [7, 11) is 0. The van der Waals surface area contributed by atoms with Gasteiger partial charge < -0.3 is 5.43 Å². The van der Waals surface area contributed by atoms with Crippen LogP contribution in [0.1, 0.15) is 58.3 Å². The standard InChI is InChI=1S/C12H22N2S/c1-2-3-4-5-6-7-8-9-10-11-12(15)14-13/h2-9,13H2,1H3,(H,14,15). The maximum atomic E-state index is 5.09. The highest BCUT2D eigenvalue weighted by molar-refractivity contribution is 7.80. The first-order chi connectivity index (χ1) is 7.31. The number of hydrogen-bond donors (Lipinski definition) is 2. The predicted octanol–water partition coefficient (Wildman–Crippen LogP) is 2.92. The lowest BCUT2D eigenvalue weighted by molar-refractivity contribution is 0.594. The fraction of sp³-hybridized carbons (Fsp3) is 0.750. The average molecular weight is 226 g/mol. The molecule has 0 bridgehead atoms. The summed E-state index contributed by atoms with van der Waals surface area (Å²) in [5.41, 5.74) is 2.35. The molecule has 0 aliphatic heterocycles. The summed E-state index contributed by atoms with van der Waals surface area (Å²) < 4.78 is 0. The first-order valence-electron chi connectivity index (χ1n) is 5.80. The number of rotatable bonds is 7. The Morgan fingerprint density at radius 3 is 2.33 bits per heavy atom. The van der Waals surface area contributed by atoms with E-state index in [1.165, 1.54) is 44.9 Å². The molecule has 0 atom stereocenters. The second kappa shape index (κ2) is 11.5. The molecular weight excluding hydrogens is 204 g/mol. The molecule has 0 aromatic carbocycles. The van der Waals surface area contributed by atoms with Crippen molar-refractivity contribution in [2.75, 3.05) is 0 Å². The molecule has 3 N–H and O–H groups in total. The molecule has 0 heterocycles. The van der Waals surface area contributed by atoms with Crippen LogP contribution in [-0.2, 0) is 0 Å². The predicted molar refractivity (Wildman–Crippen MR) is 70.3 cm³/mol. The Morgan fingerprint density at radius 2 is 1.73 bits per heavy atom. The number of nitrogens with one attached hydrogen (secondary N) is 1. The zero-order valence-corrected chi connectivity index (χ0v) is 10.5. The highest BCUT2D eigenvalue weighted by Gasteiger charge is 1.89. The van der Waals surface area contributed by atoms with Gasteiger partial charge in [-0.25, -0.2) is 5.84 Å². The SMILES string of the molecule is CCCCCCCCCC#CC(=S)NN. The molecule has 0 fully saturated rings. The molecule has 3 heteroatoms. The van der Waals surface area contributed by atoms with Gasteiger partial charge in [-0.2, -0.15) is 0 Å². The van der Waals surface area contributed by atoms with E-state index in [4.69, 9.17) is 18.1 Å². The molecule has 0 aliphatic rings. The van der Waals surface area contributed by atoms with Gasteiger partial charge in [0, 0.05) is 6.42 Å². The van der Waals surface area contributed by atoms with Crippen LogP contribution >= 0.6 is 12.2 Å². The number of hydrazine groups is 1. The van der Waals surface area contributed by atoms with E-state index < -0.39 is 0 Å². The summed E-state index contributed by atoms with van der Waals surface area (Å²) >= 11 is 4.79. The van der Waals surface area contributed by atoms with Gasteiger partial charge in [0.2, 0.25) is 0 Å². The van der Waals surface area contributed by atoms with Crippen molar-refractivity contribution in [3.05, 3.63) is 0 Å². The summed E-state index contributed by atoms with van der Waals surface area (Å²) in [4.78, 5) is 0.429. The third-order valence-electron chi connectivity index (χ3n) is 2.24. The minimum absolute atomic E-state index is 0.429. The summed E-state index contributed by atoms with van der Waals surface area (Å²) in [6, 6.07) is 0. The fourth-order valence-corrected chi connectivity index (χ4v) is 1.42. The largest absolute Gasteiger partial charge is 0.308 e. The molecule has 0 rings (SSSR count). The van der Waals surface area contributed by atoms with E-state index >= 15 is 0 Å². The van der Waals surface area contributed by atoms with Crippen molar-refractivity contribution < 1.29 is 0 Å². The molecule has 86 valence electrons. The van der Waals surface area contributed by atoms with Crippen molar-refractivity contribution >= 4 is 17.2 Å². The van der Waals surface area contributed by atoms with Crippen LogP contribution < -0.4 is 11.3 Å². The normalized spacial score (nSPS) is 9.20. The number of thiocarbonyl (C=S) groups is 1. The maximum absolute atomic E-state index is 5.09. The van der Waals surface area contributed by atoms with Crippen LogP contribution in [0.2, 0.25) is 0 Å². The van der Waals surface area contributed by atoms with Crippen LogP contribution in [0, 0.1) is 11.8 Å². The summed E-state index contributed by atoms with van der Waals surface area (Å²) in [5.74, 6) is 10.9. The maximum Gasteiger partial charge on any atom is 0.164 e. The van der Waals surface area contributed by atoms with Gasteiger partial charge >= 0.3 is 0 Å². The van der Waals surface area contributed by atoms with Crippen molar-refractivity contribution in [3.63, 3.8) is 0 Å². The van der Waals surface area contributed by atoms with E-state index in [-0.39, 0.29) is 0 Å². The summed E-state index contributed by atoms with van der Waals surface area (Å²) in [6.45, 7) is 2.24. The van der Waals surface area contributed by atoms with Crippen LogP contribution in [0.25, 0.3) is 0 Å². The van der Waals surface area contributed by atoms with Crippen molar-refractivity contribution in [2.24, 2.45) is 5.84 Å². The molecular formula is C12H22N2S. The smallest absolute Gasteiger partial charge is 0.164 e. The number of unbranched alkanes of at least 4 members (excludes halogenated alkanes) is 7. The Bertz CT molecular complexity index is 215. The van der Waals surface area contributed by atoms with Gasteiger partial charge in [0.05, 0.1) is 0 Å². The molecule has 0 saturated heterocycles. The quantitative estimate of drug-likeness (QED) is 0.230. The van der Waals surface area contributed by atoms with Crippen molar-refractivity contribution in [1.82, 2.24) is 5.43 Å². The zero-order chi connectivity index (χ0) is 11.4. The minimum Gasteiger partial charge on any atom is -0.308 e. The van der Waals surface area contributed by atoms with Gasteiger partial charge in [0.25, 0.3) is 0 Å². The van der Waals surface area contributed by atoms with Crippen LogP contribution in [-0.4, -0.2) is 4.99 Å². The fourth-order valence-electron chi connectivity index (χ4n) is 1.35. The van der Waals surface area contributed by atoms with Gasteiger partial charge in [0.1, 0.15) is 0 Å². The highest BCUT2D eigenvalue weighted by Crippen LogP contribution is 2.07. The summed E-state index contributed by atoms with van der Waals surface area (Å²) in [6.07, 6.45) is 10.1. The van der Waals surface area contributed by atoms with E-state index in [1.807, 2.05) is 0 Å². The topological polar surface area (TPSA) is 38.0 Å². The Morgan fingerprint density at radius 1 is 1.13 bits per heavy atom. The third-order valence-corrected chi connectivity index (χ3v) is 2.46. The van der Waals surface area contributed by atoms with Gasteiger partial charge in [-0.1, -0.05) is 51.4 Å². The molecule has 0 aromatic heterocycles. The van der Waals surface area contributed by atoms with E-state index in [0.717, 1.165) is 6.42 Å². The second-order valence-electron chi connectivity index (χ2n) is 3.65. The molecule has 0 unspecified atom stereocenters. The van der Waals surface area contributed by atoms with Crippen LogP contribution in [0.3, 0.4) is 0 Å². The lowest BCUT2D eigenvalue weighted by Gasteiger charge is -1.97. The lowest BCUT2D eigenvalue weighted by atomic mass is 10.1. The zero-order valence-electron chi connectivity index (χ0n) is 9.64. The third kappa shape index (κ3) is 11.3. The van der Waals surface area contributed by atoms with Gasteiger partial charge in [-0.15, -0.1) is 0 Å². The molecule has 0 aliphatic carbocycles. The molecule has 0 aromatic rings. The summed E-state index contributed by atoms with van der Waals surface area (Å²) in [5, 5.41) is 0. The van der Waals surface area contributed by atoms with E-state index in [9.17, 15) is 0 Å². The molecule has 0 radical (unpaired) electrons. The number of nitrogens with two attached hydrogens (primary N) is 1. The Labute approximate surface area is 99.0 Å². The molecule has 2 nitrogen and oxygen atoms in total. The molecule has 0 spiro atoms.